The van der Waals surface area contributed by atoms with Crippen molar-refractivity contribution in [2.75, 3.05) is 0 Å². The molecule has 0 saturated heterocycles. The molecule has 34 heavy (non-hydrogen) atoms. The average Bonchev–Trinajstić information content (AvgIpc) is 2.80. The molecular weight excluding hydrogens is 436 g/mol. The van der Waals surface area contributed by atoms with Gasteiger partial charge in [-0.2, -0.15) is 0 Å². The summed E-state index contributed by atoms with van der Waals surface area (Å²) in [6, 6.07) is 17.9. The van der Waals surface area contributed by atoms with Gasteiger partial charge in [0.2, 0.25) is 11.2 Å². The molecule has 0 spiro atoms. The van der Waals surface area contributed by atoms with Gasteiger partial charge in [0.1, 0.15) is 28.9 Å². The monoisotopic (exact) mass is 454 g/mol. The highest BCUT2D eigenvalue weighted by Gasteiger charge is 2.14. The molecule has 0 N–H and O–H groups in total. The second-order valence-corrected chi connectivity index (χ2v) is 7.85. The number of carbonyl (C=O) groups excluding carboxylic acids is 1. The van der Waals surface area contributed by atoms with Crippen LogP contribution in [-0.4, -0.2) is 5.97 Å². The van der Waals surface area contributed by atoms with Crippen molar-refractivity contribution >= 4 is 27.9 Å². The van der Waals surface area contributed by atoms with Gasteiger partial charge in [-0.25, -0.2) is 9.59 Å². The summed E-state index contributed by atoms with van der Waals surface area (Å²) in [5.74, 6) is 0.0160. The Morgan fingerprint density at radius 1 is 0.824 bits per heavy atom. The van der Waals surface area contributed by atoms with Crippen LogP contribution in [0.15, 0.2) is 91.4 Å². The first-order chi connectivity index (χ1) is 16.4. The fourth-order valence-electron chi connectivity index (χ4n) is 3.66. The molecule has 0 fully saturated rings. The minimum atomic E-state index is -0.511. The predicted molar refractivity (Wildman–Crippen MR) is 126 cm³/mol. The number of rotatable bonds is 4. The van der Waals surface area contributed by atoms with Crippen molar-refractivity contribution in [2.24, 2.45) is 0 Å². The Morgan fingerprint density at radius 2 is 1.59 bits per heavy atom. The van der Waals surface area contributed by atoms with Gasteiger partial charge >= 0.3 is 11.6 Å². The molecule has 0 unspecified atom stereocenters. The van der Waals surface area contributed by atoms with Gasteiger partial charge in [0.05, 0.1) is 10.9 Å². The van der Waals surface area contributed by atoms with Crippen LogP contribution in [0.4, 0.5) is 0 Å². The maximum Gasteiger partial charge on any atom is 0.343 e. The number of aryl methyl sites for hydroxylation is 2. The Balaban J connectivity index is 1.42. The van der Waals surface area contributed by atoms with Crippen molar-refractivity contribution in [2.45, 2.75) is 13.8 Å². The molecular formula is C27H18O7. The molecule has 5 aromatic rings. The van der Waals surface area contributed by atoms with Crippen LogP contribution in [0.5, 0.6) is 17.2 Å². The van der Waals surface area contributed by atoms with Gasteiger partial charge in [0, 0.05) is 23.6 Å². The van der Waals surface area contributed by atoms with E-state index in [-0.39, 0.29) is 22.5 Å². The molecule has 168 valence electrons. The Morgan fingerprint density at radius 3 is 2.41 bits per heavy atom. The fraction of sp³-hybridized carbons (Fsp3) is 0.0741. The van der Waals surface area contributed by atoms with Crippen molar-refractivity contribution in [1.82, 2.24) is 0 Å². The van der Waals surface area contributed by atoms with Gasteiger partial charge in [-0.3, -0.25) is 4.79 Å². The average molecular weight is 454 g/mol. The van der Waals surface area contributed by atoms with Crippen molar-refractivity contribution in [3.05, 3.63) is 110 Å². The van der Waals surface area contributed by atoms with Crippen LogP contribution < -0.4 is 20.5 Å². The van der Waals surface area contributed by atoms with Gasteiger partial charge in [-0.05, 0) is 55.8 Å². The second kappa shape index (κ2) is 8.37. The number of fused-ring (bicyclic) bond motifs is 2. The zero-order valence-corrected chi connectivity index (χ0v) is 18.3. The Bertz CT molecular complexity index is 1690. The summed E-state index contributed by atoms with van der Waals surface area (Å²) in [5, 5.41) is 1.03. The van der Waals surface area contributed by atoms with E-state index < -0.39 is 17.0 Å². The van der Waals surface area contributed by atoms with Crippen LogP contribution in [0.3, 0.4) is 0 Å². The molecule has 0 amide bonds. The first kappa shape index (κ1) is 21.2. The van der Waals surface area contributed by atoms with Crippen LogP contribution in [0, 0.1) is 13.8 Å². The third-order valence-corrected chi connectivity index (χ3v) is 5.33. The van der Waals surface area contributed by atoms with Gasteiger partial charge in [-0.1, -0.05) is 17.7 Å². The largest absolute Gasteiger partial charge is 0.460 e. The molecule has 7 nitrogen and oxygen atoms in total. The summed E-state index contributed by atoms with van der Waals surface area (Å²) in [6.07, 6.45) is 1.19. The lowest BCUT2D eigenvalue weighted by atomic mass is 10.1. The van der Waals surface area contributed by atoms with Crippen LogP contribution >= 0.6 is 0 Å². The standard InChI is InChI=1S/C27H18O7/c1-15-4-3-5-17(10-15)27(30)33-19-7-9-21-22(12-19)31-14-24(26(21)29)32-18-6-8-20-16(2)11-25(28)34-23(20)13-18/h3-14H,1-2H3. The highest BCUT2D eigenvalue weighted by Crippen LogP contribution is 2.27. The summed E-state index contributed by atoms with van der Waals surface area (Å²) in [4.78, 5) is 37.0. The molecule has 0 atom stereocenters. The van der Waals surface area contributed by atoms with E-state index in [0.717, 1.165) is 16.5 Å². The normalized spacial score (nSPS) is 11.0. The third kappa shape index (κ3) is 4.06. The molecule has 0 bridgehead atoms. The summed E-state index contributed by atoms with van der Waals surface area (Å²) in [6.45, 7) is 3.69. The molecule has 0 radical (unpaired) electrons. The first-order valence-electron chi connectivity index (χ1n) is 10.4. The lowest BCUT2D eigenvalue weighted by Gasteiger charge is -2.08. The fourth-order valence-corrected chi connectivity index (χ4v) is 3.66. The zero-order valence-electron chi connectivity index (χ0n) is 18.3. The number of hydrogen-bond donors (Lipinski definition) is 0. The molecule has 5 rings (SSSR count). The van der Waals surface area contributed by atoms with Crippen LogP contribution in [0.2, 0.25) is 0 Å². The molecule has 0 aliphatic heterocycles. The summed E-state index contributed by atoms with van der Waals surface area (Å²) < 4.78 is 21.9. The zero-order chi connectivity index (χ0) is 23.8. The minimum absolute atomic E-state index is 0.0358. The maximum atomic E-state index is 12.9. The number of carbonyl (C=O) groups is 1. The van der Waals surface area contributed by atoms with Crippen LogP contribution in [-0.2, 0) is 0 Å². The topological polar surface area (TPSA) is 96.0 Å². The summed E-state index contributed by atoms with van der Waals surface area (Å²) in [7, 11) is 0. The lowest BCUT2D eigenvalue weighted by Crippen LogP contribution is -2.09. The number of esters is 1. The number of hydrogen-bond acceptors (Lipinski definition) is 7. The van der Waals surface area contributed by atoms with Gasteiger partial charge in [-0.15, -0.1) is 0 Å². The van der Waals surface area contributed by atoms with E-state index >= 15 is 0 Å². The molecule has 2 aromatic heterocycles. The van der Waals surface area contributed by atoms with Crippen LogP contribution in [0.1, 0.15) is 21.5 Å². The van der Waals surface area contributed by atoms with E-state index in [1.54, 1.807) is 36.4 Å². The van der Waals surface area contributed by atoms with Crippen molar-refractivity contribution < 1.29 is 23.1 Å². The Hall–Kier alpha value is -4.65. The minimum Gasteiger partial charge on any atom is -0.460 e. The predicted octanol–water partition coefficient (Wildman–Crippen LogP) is 5.53. The van der Waals surface area contributed by atoms with E-state index in [1.165, 1.54) is 30.5 Å². The second-order valence-electron chi connectivity index (χ2n) is 7.85. The number of benzene rings is 3. The SMILES string of the molecule is Cc1cccc(C(=O)Oc2ccc3c(=O)c(Oc4ccc5c(C)cc(=O)oc5c4)coc3c2)c1. The van der Waals surface area contributed by atoms with E-state index in [9.17, 15) is 14.4 Å². The lowest BCUT2D eigenvalue weighted by molar-refractivity contribution is 0.0735. The first-order valence-corrected chi connectivity index (χ1v) is 10.4. The smallest absolute Gasteiger partial charge is 0.343 e. The van der Waals surface area contributed by atoms with E-state index in [4.69, 9.17) is 18.3 Å². The van der Waals surface area contributed by atoms with Crippen molar-refractivity contribution in [1.29, 1.82) is 0 Å². The van der Waals surface area contributed by atoms with E-state index in [2.05, 4.69) is 0 Å². The van der Waals surface area contributed by atoms with Crippen LogP contribution in [0.25, 0.3) is 21.9 Å². The molecule has 2 heterocycles. The maximum absolute atomic E-state index is 12.9. The molecule has 0 saturated carbocycles. The molecule has 0 aliphatic rings. The highest BCUT2D eigenvalue weighted by molar-refractivity contribution is 5.92. The summed E-state index contributed by atoms with van der Waals surface area (Å²) >= 11 is 0. The van der Waals surface area contributed by atoms with Crippen molar-refractivity contribution in [3.63, 3.8) is 0 Å². The highest BCUT2D eigenvalue weighted by atomic mass is 16.5. The van der Waals surface area contributed by atoms with Gasteiger partial charge < -0.3 is 18.3 Å². The molecule has 3 aromatic carbocycles. The molecule has 7 heteroatoms. The quantitative estimate of drug-likeness (QED) is 0.200. The van der Waals surface area contributed by atoms with E-state index in [1.807, 2.05) is 19.9 Å². The summed E-state index contributed by atoms with van der Waals surface area (Å²) in [5.41, 5.74) is 1.87. The van der Waals surface area contributed by atoms with Gasteiger partial charge in [0.15, 0.2) is 0 Å². The van der Waals surface area contributed by atoms with E-state index in [0.29, 0.717) is 16.9 Å². The number of ether oxygens (including phenoxy) is 2. The Labute approximate surface area is 192 Å². The Kier molecular flexibility index (Phi) is 5.22. The van der Waals surface area contributed by atoms with Crippen molar-refractivity contribution in [3.8, 4) is 17.2 Å². The van der Waals surface area contributed by atoms with Gasteiger partial charge in [0.25, 0.3) is 0 Å². The molecule has 0 aliphatic carbocycles. The third-order valence-electron chi connectivity index (χ3n) is 5.33.